The maximum Gasteiger partial charge on any atom is 0.172 e. The van der Waals surface area contributed by atoms with E-state index in [0.29, 0.717) is 13.2 Å². The van der Waals surface area contributed by atoms with Crippen LogP contribution in [-0.2, 0) is 0 Å². The van der Waals surface area contributed by atoms with Crippen LogP contribution in [0.15, 0.2) is 95.7 Å². The summed E-state index contributed by atoms with van der Waals surface area (Å²) in [6.45, 7) is 5.80. The predicted molar refractivity (Wildman–Crippen MR) is 215 cm³/mol. The van der Waals surface area contributed by atoms with Crippen LogP contribution in [0, 0.1) is 0 Å². The highest BCUT2D eigenvalue weighted by atomic mass is 32.1. The lowest BCUT2D eigenvalue weighted by Gasteiger charge is -2.22. The summed E-state index contributed by atoms with van der Waals surface area (Å²) in [5.74, 6) is 1.59. The highest BCUT2D eigenvalue weighted by Gasteiger charge is 2.29. The molecular formula is C44H50N2O2S2. The molecule has 0 amide bonds. The van der Waals surface area contributed by atoms with Crippen LogP contribution in [0.5, 0.6) is 11.5 Å². The van der Waals surface area contributed by atoms with Crippen LogP contribution in [0.1, 0.15) is 90.9 Å². The van der Waals surface area contributed by atoms with E-state index in [0.717, 1.165) is 91.6 Å². The van der Waals surface area contributed by atoms with Gasteiger partial charge in [0, 0.05) is 20.9 Å². The lowest BCUT2D eigenvalue weighted by molar-refractivity contribution is 0.260. The third-order valence-electron chi connectivity index (χ3n) is 9.15. The van der Waals surface area contributed by atoms with Crippen LogP contribution in [-0.4, -0.2) is 23.2 Å². The number of aromatic nitrogens is 2. The molecule has 0 aliphatic rings. The van der Waals surface area contributed by atoms with Gasteiger partial charge in [-0.15, -0.1) is 22.7 Å². The van der Waals surface area contributed by atoms with Crippen LogP contribution >= 0.6 is 22.7 Å². The Balaban J connectivity index is 1.56. The van der Waals surface area contributed by atoms with Crippen molar-refractivity contribution in [2.24, 2.45) is 0 Å². The van der Waals surface area contributed by atoms with E-state index in [1.54, 1.807) is 22.7 Å². The number of rotatable bonds is 20. The highest BCUT2D eigenvalue weighted by Crippen LogP contribution is 2.52. The van der Waals surface area contributed by atoms with Gasteiger partial charge in [-0.25, -0.2) is 9.97 Å². The number of benzene rings is 3. The van der Waals surface area contributed by atoms with Crippen molar-refractivity contribution in [1.29, 1.82) is 0 Å². The summed E-state index contributed by atoms with van der Waals surface area (Å²) in [6, 6.07) is 29.5. The van der Waals surface area contributed by atoms with E-state index >= 15 is 0 Å². The Hall–Kier alpha value is -4.00. The fourth-order valence-corrected chi connectivity index (χ4v) is 8.04. The zero-order chi connectivity index (χ0) is 34.4. The van der Waals surface area contributed by atoms with Gasteiger partial charge in [0.1, 0.15) is 11.0 Å². The molecule has 0 N–H and O–H groups in total. The minimum atomic E-state index is 0.633. The van der Waals surface area contributed by atoms with E-state index in [9.17, 15) is 0 Å². The van der Waals surface area contributed by atoms with Crippen LogP contribution < -0.4 is 9.47 Å². The molecule has 0 aliphatic carbocycles. The van der Waals surface area contributed by atoms with Crippen LogP contribution in [0.25, 0.3) is 54.4 Å². The van der Waals surface area contributed by atoms with Crippen molar-refractivity contribution in [3.63, 3.8) is 0 Å². The lowest BCUT2D eigenvalue weighted by atomic mass is 9.99. The summed E-state index contributed by atoms with van der Waals surface area (Å²) in [4.78, 5) is 13.4. The molecule has 0 aliphatic heterocycles. The standard InChI is InChI=1S/C44H50N2O2S2/c1-3-5-7-9-11-19-29-47-43-37(35-27-21-31-49-35)41-42(38(36-28-22-32-50-36)44(43)48-30-20-12-10-8-6-4-2)46-40(34-25-17-14-18-26-34)39(45-41)33-23-15-13-16-24-33/h13-18,21-28,31-32H,3-12,19-20,29-30H2,1-2H3. The van der Waals surface area contributed by atoms with Crippen molar-refractivity contribution < 1.29 is 9.47 Å². The molecule has 0 bridgehead atoms. The van der Waals surface area contributed by atoms with E-state index < -0.39 is 0 Å². The maximum atomic E-state index is 6.93. The Morgan fingerprint density at radius 3 is 1.24 bits per heavy atom. The van der Waals surface area contributed by atoms with E-state index in [1.165, 1.54) is 51.4 Å². The summed E-state index contributed by atoms with van der Waals surface area (Å²) in [7, 11) is 0. The fraction of sp³-hybridized carbons (Fsp3) is 0.364. The molecule has 0 fully saturated rings. The van der Waals surface area contributed by atoms with Gasteiger partial charge in [-0.05, 0) is 35.7 Å². The molecule has 0 radical (unpaired) electrons. The molecule has 260 valence electrons. The summed E-state index contributed by atoms with van der Waals surface area (Å²) in [5.41, 5.74) is 7.44. The molecule has 6 rings (SSSR count). The van der Waals surface area contributed by atoms with Crippen molar-refractivity contribution in [3.05, 3.63) is 95.7 Å². The summed E-state index contributed by atoms with van der Waals surface area (Å²) in [6.07, 6.45) is 14.5. The van der Waals surface area contributed by atoms with Gasteiger partial charge in [0.05, 0.1) is 35.7 Å². The quantitative estimate of drug-likeness (QED) is 0.0743. The third kappa shape index (κ3) is 8.83. The minimum Gasteiger partial charge on any atom is -0.489 e. The first-order chi connectivity index (χ1) is 24.8. The Morgan fingerprint density at radius 1 is 0.460 bits per heavy atom. The fourth-order valence-electron chi connectivity index (χ4n) is 6.51. The molecule has 6 heteroatoms. The number of hydrogen-bond donors (Lipinski definition) is 0. The second kappa shape index (κ2) is 18.8. The SMILES string of the molecule is CCCCCCCCOc1c(OCCCCCCCC)c(-c2cccs2)c2nc(-c3ccccc3)c(-c3ccccc3)nc2c1-c1cccs1. The van der Waals surface area contributed by atoms with Crippen LogP contribution in [0.2, 0.25) is 0 Å². The van der Waals surface area contributed by atoms with E-state index in [2.05, 4.69) is 97.4 Å². The largest absolute Gasteiger partial charge is 0.489 e. The molecule has 0 spiro atoms. The maximum absolute atomic E-state index is 6.93. The van der Waals surface area contributed by atoms with Crippen LogP contribution in [0.3, 0.4) is 0 Å². The lowest BCUT2D eigenvalue weighted by Crippen LogP contribution is -2.08. The first kappa shape index (κ1) is 35.8. The summed E-state index contributed by atoms with van der Waals surface area (Å²) in [5, 5.41) is 4.26. The number of nitrogens with zero attached hydrogens (tertiary/aromatic N) is 2. The zero-order valence-electron chi connectivity index (χ0n) is 29.7. The Morgan fingerprint density at radius 2 is 0.860 bits per heavy atom. The zero-order valence-corrected chi connectivity index (χ0v) is 31.3. The van der Waals surface area contributed by atoms with Gasteiger partial charge in [0.2, 0.25) is 0 Å². The number of unbranched alkanes of at least 4 members (excludes halogenated alkanes) is 10. The molecule has 0 saturated carbocycles. The van der Waals surface area contributed by atoms with Crippen molar-refractivity contribution in [1.82, 2.24) is 9.97 Å². The topological polar surface area (TPSA) is 44.2 Å². The van der Waals surface area contributed by atoms with Crippen molar-refractivity contribution in [2.75, 3.05) is 13.2 Å². The van der Waals surface area contributed by atoms with Crippen molar-refractivity contribution in [2.45, 2.75) is 90.9 Å². The van der Waals surface area contributed by atoms with Gasteiger partial charge >= 0.3 is 0 Å². The number of thiophene rings is 2. The number of ether oxygens (including phenoxy) is 2. The van der Waals surface area contributed by atoms with Gasteiger partial charge < -0.3 is 9.47 Å². The van der Waals surface area contributed by atoms with Crippen LogP contribution in [0.4, 0.5) is 0 Å². The molecule has 0 atom stereocenters. The average Bonchev–Trinajstić information content (AvgIpc) is 3.90. The third-order valence-corrected chi connectivity index (χ3v) is 10.9. The average molecular weight is 703 g/mol. The first-order valence-electron chi connectivity index (χ1n) is 18.7. The Labute approximate surface area is 306 Å². The molecule has 3 aromatic carbocycles. The molecule has 4 nitrogen and oxygen atoms in total. The van der Waals surface area contributed by atoms with E-state index in [-0.39, 0.29) is 0 Å². The normalized spacial score (nSPS) is 11.3. The van der Waals surface area contributed by atoms with Gasteiger partial charge in [-0.3, -0.25) is 0 Å². The summed E-state index contributed by atoms with van der Waals surface area (Å²) >= 11 is 3.42. The van der Waals surface area contributed by atoms with Gasteiger partial charge in [-0.2, -0.15) is 0 Å². The minimum absolute atomic E-state index is 0.633. The van der Waals surface area contributed by atoms with Gasteiger partial charge in [-0.1, -0.05) is 151 Å². The Bertz CT molecular complexity index is 1730. The first-order valence-corrected chi connectivity index (χ1v) is 20.4. The molecule has 6 aromatic rings. The molecule has 3 aromatic heterocycles. The van der Waals surface area contributed by atoms with Gasteiger partial charge in [0.15, 0.2) is 11.5 Å². The molecule has 3 heterocycles. The van der Waals surface area contributed by atoms with Crippen molar-refractivity contribution >= 4 is 33.7 Å². The van der Waals surface area contributed by atoms with E-state index in [1.807, 2.05) is 12.1 Å². The monoisotopic (exact) mass is 702 g/mol. The number of fused-ring (bicyclic) bond motifs is 1. The molecular weight excluding hydrogens is 653 g/mol. The Kier molecular flexibility index (Phi) is 13.5. The highest BCUT2D eigenvalue weighted by molar-refractivity contribution is 7.14. The second-order valence-corrected chi connectivity index (χ2v) is 14.8. The predicted octanol–water partition coefficient (Wildman–Crippen LogP) is 13.9. The van der Waals surface area contributed by atoms with E-state index in [4.69, 9.17) is 19.4 Å². The van der Waals surface area contributed by atoms with Gasteiger partial charge in [0.25, 0.3) is 0 Å². The molecule has 50 heavy (non-hydrogen) atoms. The smallest absolute Gasteiger partial charge is 0.172 e. The summed E-state index contributed by atoms with van der Waals surface area (Å²) < 4.78 is 13.9. The second-order valence-electron chi connectivity index (χ2n) is 12.9. The van der Waals surface area contributed by atoms with Crippen molar-refractivity contribution in [3.8, 4) is 54.9 Å². The molecule has 0 unspecified atom stereocenters. The number of hydrogen-bond acceptors (Lipinski definition) is 6. The molecule has 0 saturated heterocycles.